The molecule has 0 saturated heterocycles. The normalized spacial score (nSPS) is 10.8. The van der Waals surface area contributed by atoms with E-state index in [0.717, 1.165) is 0 Å². The number of nitrogens with one attached hydrogen (secondary N) is 1. The number of aliphatic carboxylic acids is 1. The first kappa shape index (κ1) is 14.4. The number of aromatic nitrogens is 1. The first-order valence-corrected chi connectivity index (χ1v) is 7.06. The van der Waals surface area contributed by atoms with Gasteiger partial charge in [0.2, 0.25) is 5.78 Å². The highest BCUT2D eigenvalue weighted by Crippen LogP contribution is 2.29. The minimum atomic E-state index is -0.997. The first-order valence-electron chi connectivity index (χ1n) is 6.68. The minimum absolute atomic E-state index is 0.242. The molecular formula is C17H12ClNO3. The van der Waals surface area contributed by atoms with Crippen LogP contribution in [0.1, 0.15) is 21.6 Å². The van der Waals surface area contributed by atoms with Gasteiger partial charge in [-0.15, -0.1) is 0 Å². The van der Waals surface area contributed by atoms with E-state index < -0.39 is 5.97 Å². The second-order valence-corrected chi connectivity index (χ2v) is 5.31. The monoisotopic (exact) mass is 313 g/mol. The number of para-hydroxylation sites is 1. The summed E-state index contributed by atoms with van der Waals surface area (Å²) in [5.41, 5.74) is 1.81. The van der Waals surface area contributed by atoms with Crippen LogP contribution in [-0.4, -0.2) is 21.8 Å². The molecule has 3 rings (SSSR count). The van der Waals surface area contributed by atoms with Crippen molar-refractivity contribution in [3.8, 4) is 0 Å². The van der Waals surface area contributed by atoms with Crippen LogP contribution >= 0.6 is 11.6 Å². The molecule has 0 fully saturated rings. The van der Waals surface area contributed by atoms with E-state index in [1.165, 1.54) is 0 Å². The van der Waals surface area contributed by atoms with Crippen molar-refractivity contribution in [2.75, 3.05) is 0 Å². The van der Waals surface area contributed by atoms with Crippen LogP contribution in [0, 0.1) is 0 Å². The van der Waals surface area contributed by atoms with Crippen molar-refractivity contribution in [1.29, 1.82) is 0 Å². The van der Waals surface area contributed by atoms with Gasteiger partial charge in [0.1, 0.15) is 0 Å². The topological polar surface area (TPSA) is 70.2 Å². The van der Waals surface area contributed by atoms with E-state index in [1.54, 1.807) is 42.5 Å². The first-order chi connectivity index (χ1) is 10.6. The summed E-state index contributed by atoms with van der Waals surface area (Å²) in [6.07, 6.45) is -0.242. The van der Waals surface area contributed by atoms with Gasteiger partial charge in [-0.05, 0) is 6.07 Å². The molecule has 0 aliphatic heterocycles. The minimum Gasteiger partial charge on any atom is -0.481 e. The van der Waals surface area contributed by atoms with Crippen molar-refractivity contribution >= 4 is 34.3 Å². The number of carbonyl (C=O) groups excluding carboxylic acids is 1. The molecule has 0 unspecified atom stereocenters. The second-order valence-electron chi connectivity index (χ2n) is 4.91. The van der Waals surface area contributed by atoms with Crippen LogP contribution in [0.4, 0.5) is 0 Å². The number of carboxylic acid groups (broad SMARTS) is 1. The van der Waals surface area contributed by atoms with Gasteiger partial charge in [-0.2, -0.15) is 0 Å². The SMILES string of the molecule is O=C(O)Cc1c(C(=O)c2ccccc2)[nH]c2c(Cl)cccc12. The lowest BCUT2D eigenvalue weighted by atomic mass is 10.0. The number of hydrogen-bond acceptors (Lipinski definition) is 2. The summed E-state index contributed by atoms with van der Waals surface area (Å²) in [7, 11) is 0. The molecule has 22 heavy (non-hydrogen) atoms. The Balaban J connectivity index is 2.22. The number of carbonyl (C=O) groups is 2. The van der Waals surface area contributed by atoms with Crippen LogP contribution in [0.5, 0.6) is 0 Å². The highest BCUT2D eigenvalue weighted by atomic mass is 35.5. The Labute approximate surface area is 131 Å². The van der Waals surface area contributed by atoms with Crippen molar-refractivity contribution in [3.05, 3.63) is 70.4 Å². The maximum Gasteiger partial charge on any atom is 0.307 e. The molecule has 0 bridgehead atoms. The number of rotatable bonds is 4. The number of ketones is 1. The molecule has 1 aromatic heterocycles. The molecule has 0 saturated carbocycles. The largest absolute Gasteiger partial charge is 0.481 e. The molecule has 5 heteroatoms. The molecule has 0 amide bonds. The lowest BCUT2D eigenvalue weighted by Gasteiger charge is -2.02. The third-order valence-corrected chi connectivity index (χ3v) is 3.80. The number of hydrogen-bond donors (Lipinski definition) is 2. The van der Waals surface area contributed by atoms with Gasteiger partial charge in [-0.25, -0.2) is 0 Å². The zero-order valence-corrected chi connectivity index (χ0v) is 12.2. The zero-order chi connectivity index (χ0) is 15.7. The van der Waals surface area contributed by atoms with Crippen molar-refractivity contribution in [2.24, 2.45) is 0 Å². The second kappa shape index (κ2) is 5.66. The van der Waals surface area contributed by atoms with Gasteiger partial charge in [-0.3, -0.25) is 9.59 Å². The van der Waals surface area contributed by atoms with Gasteiger partial charge >= 0.3 is 5.97 Å². The Morgan fingerprint density at radius 1 is 1.05 bits per heavy atom. The van der Waals surface area contributed by atoms with Crippen molar-refractivity contribution in [1.82, 2.24) is 4.98 Å². The Morgan fingerprint density at radius 2 is 1.77 bits per heavy atom. The number of halogens is 1. The summed E-state index contributed by atoms with van der Waals surface area (Å²) in [4.78, 5) is 26.8. The molecule has 1 heterocycles. The Morgan fingerprint density at radius 3 is 2.45 bits per heavy atom. The molecule has 110 valence electrons. The molecule has 0 radical (unpaired) electrons. The molecule has 3 aromatic rings. The average Bonchev–Trinajstić information content (AvgIpc) is 2.87. The van der Waals surface area contributed by atoms with E-state index in [4.69, 9.17) is 16.7 Å². The number of carboxylic acids is 1. The van der Waals surface area contributed by atoms with Crippen LogP contribution in [0.3, 0.4) is 0 Å². The van der Waals surface area contributed by atoms with E-state index in [-0.39, 0.29) is 17.9 Å². The van der Waals surface area contributed by atoms with Crippen LogP contribution in [0.2, 0.25) is 5.02 Å². The Bertz CT molecular complexity index is 868. The number of aromatic amines is 1. The summed E-state index contributed by atoms with van der Waals surface area (Å²) >= 11 is 6.14. The maximum absolute atomic E-state index is 12.7. The molecule has 0 aliphatic carbocycles. The average molecular weight is 314 g/mol. The van der Waals surface area contributed by atoms with E-state index in [1.807, 2.05) is 6.07 Å². The van der Waals surface area contributed by atoms with Crippen molar-refractivity contribution in [2.45, 2.75) is 6.42 Å². The predicted molar refractivity (Wildman–Crippen MR) is 84.5 cm³/mol. The quantitative estimate of drug-likeness (QED) is 0.722. The highest BCUT2D eigenvalue weighted by molar-refractivity contribution is 6.35. The van der Waals surface area contributed by atoms with Gasteiger partial charge in [0, 0.05) is 16.5 Å². The Kier molecular flexibility index (Phi) is 3.69. The standard InChI is InChI=1S/C17H12ClNO3/c18-13-8-4-7-11-12(9-14(20)21)16(19-15(11)13)17(22)10-5-2-1-3-6-10/h1-8,19H,9H2,(H,20,21). The van der Waals surface area contributed by atoms with Gasteiger partial charge in [0.05, 0.1) is 22.7 Å². The molecule has 2 N–H and O–H groups in total. The fourth-order valence-corrected chi connectivity index (χ4v) is 2.72. The van der Waals surface area contributed by atoms with Gasteiger partial charge < -0.3 is 10.1 Å². The summed E-state index contributed by atoms with van der Waals surface area (Å²) in [5, 5.41) is 10.2. The molecule has 0 spiro atoms. The van der Waals surface area contributed by atoms with E-state index in [9.17, 15) is 9.59 Å². The third kappa shape index (κ3) is 2.49. The summed E-state index contributed by atoms with van der Waals surface area (Å²) in [5.74, 6) is -1.24. The fourth-order valence-electron chi connectivity index (χ4n) is 2.50. The summed E-state index contributed by atoms with van der Waals surface area (Å²) in [6, 6.07) is 13.9. The molecule has 4 nitrogen and oxygen atoms in total. The van der Waals surface area contributed by atoms with Crippen LogP contribution < -0.4 is 0 Å². The fraction of sp³-hybridized carbons (Fsp3) is 0.0588. The zero-order valence-electron chi connectivity index (χ0n) is 11.5. The van der Waals surface area contributed by atoms with Gasteiger partial charge in [0.25, 0.3) is 0 Å². The van der Waals surface area contributed by atoms with E-state index >= 15 is 0 Å². The summed E-state index contributed by atoms with van der Waals surface area (Å²) < 4.78 is 0. The number of benzene rings is 2. The smallest absolute Gasteiger partial charge is 0.307 e. The van der Waals surface area contributed by atoms with E-state index in [2.05, 4.69) is 4.98 Å². The van der Waals surface area contributed by atoms with Gasteiger partial charge in [0.15, 0.2) is 0 Å². The number of H-pyrrole nitrogens is 1. The molecule has 2 aromatic carbocycles. The molecule has 0 aliphatic rings. The van der Waals surface area contributed by atoms with Crippen LogP contribution in [-0.2, 0) is 11.2 Å². The Hall–Kier alpha value is -2.59. The van der Waals surface area contributed by atoms with Crippen LogP contribution in [0.15, 0.2) is 48.5 Å². The van der Waals surface area contributed by atoms with Crippen molar-refractivity contribution in [3.63, 3.8) is 0 Å². The predicted octanol–water partition coefficient (Wildman–Crippen LogP) is 3.68. The molecular weight excluding hydrogens is 302 g/mol. The van der Waals surface area contributed by atoms with E-state index in [0.29, 0.717) is 27.1 Å². The lowest BCUT2D eigenvalue weighted by molar-refractivity contribution is -0.136. The highest BCUT2D eigenvalue weighted by Gasteiger charge is 2.21. The third-order valence-electron chi connectivity index (χ3n) is 3.48. The van der Waals surface area contributed by atoms with Crippen molar-refractivity contribution < 1.29 is 14.7 Å². The lowest BCUT2D eigenvalue weighted by Crippen LogP contribution is -2.08. The molecule has 0 atom stereocenters. The summed E-state index contributed by atoms with van der Waals surface area (Å²) in [6.45, 7) is 0. The van der Waals surface area contributed by atoms with Gasteiger partial charge in [-0.1, -0.05) is 54.1 Å². The van der Waals surface area contributed by atoms with Crippen LogP contribution in [0.25, 0.3) is 10.9 Å². The number of fused-ring (bicyclic) bond motifs is 1. The maximum atomic E-state index is 12.7.